The van der Waals surface area contributed by atoms with Crippen LogP contribution in [0.5, 0.6) is 0 Å². The lowest BCUT2D eigenvalue weighted by atomic mass is 9.91. The van der Waals surface area contributed by atoms with Crippen LogP contribution in [-0.2, 0) is 0 Å². The molecule has 2 unspecified atom stereocenters. The van der Waals surface area contributed by atoms with E-state index in [1.165, 1.54) is 30.6 Å². The Hall–Kier alpha value is -0.860. The number of hydrogen-bond donors (Lipinski definition) is 1. The van der Waals surface area contributed by atoms with Crippen LogP contribution in [0.3, 0.4) is 0 Å². The standard InChI is InChI=1S/C15H23NO/c1-3-12(11-17)13-5-4-6-14(9-13)15-7-8-16(2)10-15/h4-6,9,12,15,17H,3,7-8,10-11H2,1-2H3. The second-order valence-corrected chi connectivity index (χ2v) is 5.21. The lowest BCUT2D eigenvalue weighted by Gasteiger charge is -2.16. The molecule has 2 rings (SSSR count). The lowest BCUT2D eigenvalue weighted by molar-refractivity contribution is 0.262. The second kappa shape index (κ2) is 5.65. The first-order valence-electron chi connectivity index (χ1n) is 6.63. The van der Waals surface area contributed by atoms with Crippen LogP contribution < -0.4 is 0 Å². The van der Waals surface area contributed by atoms with Crippen molar-refractivity contribution in [3.8, 4) is 0 Å². The molecule has 0 bridgehead atoms. The first-order chi connectivity index (χ1) is 8.24. The first-order valence-corrected chi connectivity index (χ1v) is 6.63. The summed E-state index contributed by atoms with van der Waals surface area (Å²) in [5.41, 5.74) is 2.74. The fraction of sp³-hybridized carbons (Fsp3) is 0.600. The van der Waals surface area contributed by atoms with Gasteiger partial charge in [-0.25, -0.2) is 0 Å². The summed E-state index contributed by atoms with van der Waals surface area (Å²) in [6.07, 6.45) is 2.26. The van der Waals surface area contributed by atoms with Crippen molar-refractivity contribution < 1.29 is 5.11 Å². The van der Waals surface area contributed by atoms with Gasteiger partial charge in [-0.2, -0.15) is 0 Å². The molecule has 1 aliphatic heterocycles. The third kappa shape index (κ3) is 2.88. The van der Waals surface area contributed by atoms with Gasteiger partial charge in [0.05, 0.1) is 0 Å². The number of aliphatic hydroxyl groups is 1. The molecule has 0 saturated carbocycles. The van der Waals surface area contributed by atoms with Crippen LogP contribution in [0.15, 0.2) is 24.3 Å². The molecule has 1 N–H and O–H groups in total. The van der Waals surface area contributed by atoms with Crippen molar-refractivity contribution in [1.29, 1.82) is 0 Å². The van der Waals surface area contributed by atoms with Crippen LogP contribution in [0.25, 0.3) is 0 Å². The van der Waals surface area contributed by atoms with E-state index in [9.17, 15) is 5.11 Å². The van der Waals surface area contributed by atoms with Crippen LogP contribution >= 0.6 is 0 Å². The zero-order valence-electron chi connectivity index (χ0n) is 10.9. The van der Waals surface area contributed by atoms with Crippen molar-refractivity contribution in [1.82, 2.24) is 4.90 Å². The molecule has 1 heterocycles. The molecule has 1 aliphatic rings. The zero-order valence-corrected chi connectivity index (χ0v) is 10.9. The number of aliphatic hydroxyl groups excluding tert-OH is 1. The minimum atomic E-state index is 0.254. The van der Waals surface area contributed by atoms with Gasteiger partial charge in [-0.3, -0.25) is 0 Å². The van der Waals surface area contributed by atoms with Crippen molar-refractivity contribution in [3.05, 3.63) is 35.4 Å². The van der Waals surface area contributed by atoms with Crippen molar-refractivity contribution in [2.24, 2.45) is 0 Å². The fourth-order valence-corrected chi connectivity index (χ4v) is 2.74. The van der Waals surface area contributed by atoms with Crippen LogP contribution in [0.1, 0.15) is 42.7 Å². The Kier molecular flexibility index (Phi) is 4.19. The van der Waals surface area contributed by atoms with Gasteiger partial charge in [0.15, 0.2) is 0 Å². The molecule has 17 heavy (non-hydrogen) atoms. The summed E-state index contributed by atoms with van der Waals surface area (Å²) in [5.74, 6) is 0.977. The molecule has 94 valence electrons. The van der Waals surface area contributed by atoms with Crippen LogP contribution in [0, 0.1) is 0 Å². The summed E-state index contributed by atoms with van der Waals surface area (Å²) in [6, 6.07) is 8.82. The maximum atomic E-state index is 9.37. The van der Waals surface area contributed by atoms with Gasteiger partial charge < -0.3 is 10.0 Å². The quantitative estimate of drug-likeness (QED) is 0.864. The van der Waals surface area contributed by atoms with Gasteiger partial charge in [0, 0.05) is 19.1 Å². The van der Waals surface area contributed by atoms with E-state index >= 15 is 0 Å². The summed E-state index contributed by atoms with van der Waals surface area (Å²) in [4.78, 5) is 2.39. The average Bonchev–Trinajstić information content (AvgIpc) is 2.78. The molecule has 2 atom stereocenters. The average molecular weight is 233 g/mol. The highest BCUT2D eigenvalue weighted by Gasteiger charge is 2.21. The normalized spacial score (nSPS) is 22.9. The molecule has 1 aromatic rings. The minimum absolute atomic E-state index is 0.254. The molecule has 0 aromatic heterocycles. The molecule has 0 spiro atoms. The van der Waals surface area contributed by atoms with E-state index in [1.807, 2.05) is 0 Å². The topological polar surface area (TPSA) is 23.5 Å². The van der Waals surface area contributed by atoms with E-state index in [-0.39, 0.29) is 6.61 Å². The third-order valence-corrected chi connectivity index (χ3v) is 3.96. The molecular weight excluding hydrogens is 210 g/mol. The largest absolute Gasteiger partial charge is 0.396 e. The summed E-state index contributed by atoms with van der Waals surface area (Å²) in [5, 5.41) is 9.37. The molecule has 0 amide bonds. The molecule has 1 fully saturated rings. The van der Waals surface area contributed by atoms with E-state index < -0.39 is 0 Å². The summed E-state index contributed by atoms with van der Waals surface area (Å²) in [6.45, 7) is 4.76. The second-order valence-electron chi connectivity index (χ2n) is 5.21. The fourth-order valence-electron chi connectivity index (χ4n) is 2.74. The van der Waals surface area contributed by atoms with Gasteiger partial charge in [0.1, 0.15) is 0 Å². The Morgan fingerprint density at radius 2 is 2.29 bits per heavy atom. The predicted molar refractivity (Wildman–Crippen MR) is 71.4 cm³/mol. The molecular formula is C15H23NO. The summed E-state index contributed by atoms with van der Waals surface area (Å²) >= 11 is 0. The maximum absolute atomic E-state index is 9.37. The number of nitrogens with zero attached hydrogens (tertiary/aromatic N) is 1. The molecule has 0 aliphatic carbocycles. The van der Waals surface area contributed by atoms with Gasteiger partial charge >= 0.3 is 0 Å². The highest BCUT2D eigenvalue weighted by molar-refractivity contribution is 5.29. The summed E-state index contributed by atoms with van der Waals surface area (Å²) in [7, 11) is 2.19. The van der Waals surface area contributed by atoms with E-state index in [0.29, 0.717) is 11.8 Å². The van der Waals surface area contributed by atoms with Gasteiger partial charge in [-0.05, 0) is 43.5 Å². The highest BCUT2D eigenvalue weighted by atomic mass is 16.3. The van der Waals surface area contributed by atoms with Crippen LogP contribution in [0.2, 0.25) is 0 Å². The van der Waals surface area contributed by atoms with Crippen LogP contribution in [0.4, 0.5) is 0 Å². The van der Waals surface area contributed by atoms with Crippen molar-refractivity contribution in [2.45, 2.75) is 31.6 Å². The Labute approximate surface area is 104 Å². The van der Waals surface area contributed by atoms with E-state index in [4.69, 9.17) is 0 Å². The zero-order chi connectivity index (χ0) is 12.3. The third-order valence-electron chi connectivity index (χ3n) is 3.96. The first kappa shape index (κ1) is 12.6. The Balaban J connectivity index is 2.16. The van der Waals surface area contributed by atoms with Crippen molar-refractivity contribution in [2.75, 3.05) is 26.7 Å². The number of hydrogen-bond acceptors (Lipinski definition) is 2. The Morgan fingerprint density at radius 1 is 1.47 bits per heavy atom. The Bertz CT molecular complexity index is 360. The number of likely N-dealkylation sites (N-methyl/N-ethyl adjacent to an activating group) is 1. The van der Waals surface area contributed by atoms with E-state index in [0.717, 1.165) is 6.42 Å². The molecule has 1 aromatic carbocycles. The van der Waals surface area contributed by atoms with Crippen molar-refractivity contribution >= 4 is 0 Å². The van der Waals surface area contributed by atoms with Gasteiger partial charge in [-0.15, -0.1) is 0 Å². The molecule has 2 heteroatoms. The number of benzene rings is 1. The van der Waals surface area contributed by atoms with Gasteiger partial charge in [0.2, 0.25) is 0 Å². The van der Waals surface area contributed by atoms with Crippen molar-refractivity contribution in [3.63, 3.8) is 0 Å². The predicted octanol–water partition coefficient (Wildman–Crippen LogP) is 2.59. The Morgan fingerprint density at radius 3 is 2.88 bits per heavy atom. The SMILES string of the molecule is CCC(CO)c1cccc(C2CCN(C)C2)c1. The number of rotatable bonds is 4. The summed E-state index contributed by atoms with van der Waals surface area (Å²) < 4.78 is 0. The highest BCUT2D eigenvalue weighted by Crippen LogP contribution is 2.29. The monoisotopic (exact) mass is 233 g/mol. The molecule has 2 nitrogen and oxygen atoms in total. The van der Waals surface area contributed by atoms with Gasteiger partial charge in [0.25, 0.3) is 0 Å². The van der Waals surface area contributed by atoms with Crippen LogP contribution in [-0.4, -0.2) is 36.8 Å². The number of likely N-dealkylation sites (tertiary alicyclic amines) is 1. The van der Waals surface area contributed by atoms with Gasteiger partial charge in [-0.1, -0.05) is 31.2 Å². The maximum Gasteiger partial charge on any atom is 0.0499 e. The lowest BCUT2D eigenvalue weighted by Crippen LogP contribution is -2.13. The van der Waals surface area contributed by atoms with E-state index in [2.05, 4.69) is 43.1 Å². The smallest absolute Gasteiger partial charge is 0.0499 e. The van der Waals surface area contributed by atoms with E-state index in [1.54, 1.807) is 0 Å². The molecule has 0 radical (unpaired) electrons. The minimum Gasteiger partial charge on any atom is -0.396 e. The molecule has 1 saturated heterocycles.